The summed E-state index contributed by atoms with van der Waals surface area (Å²) in [6.45, 7) is 3.83. The molecule has 0 unspecified atom stereocenters. The summed E-state index contributed by atoms with van der Waals surface area (Å²) in [7, 11) is 1.71. The van der Waals surface area contributed by atoms with Crippen LogP contribution in [0.1, 0.15) is 36.1 Å². The van der Waals surface area contributed by atoms with E-state index in [0.717, 1.165) is 17.8 Å². The minimum atomic E-state index is -0.896. The molecule has 186 valence electrons. The van der Waals surface area contributed by atoms with Crippen LogP contribution in [0.5, 0.6) is 0 Å². The lowest BCUT2D eigenvalue weighted by Gasteiger charge is -2.22. The molecule has 0 aliphatic carbocycles. The van der Waals surface area contributed by atoms with Crippen LogP contribution in [-0.4, -0.2) is 32.3 Å². The number of anilines is 1. The maximum absolute atomic E-state index is 14.0. The Balaban J connectivity index is 1.70. The van der Waals surface area contributed by atoms with Crippen LogP contribution >= 0.6 is 50.9 Å². The number of nitrogens with zero attached hydrogens (tertiary/aromatic N) is 3. The van der Waals surface area contributed by atoms with E-state index in [1.54, 1.807) is 17.7 Å². The highest BCUT2D eigenvalue weighted by molar-refractivity contribution is 9.10. The summed E-state index contributed by atoms with van der Waals surface area (Å²) in [5.74, 6) is -2.24. The van der Waals surface area contributed by atoms with E-state index in [0.29, 0.717) is 22.1 Å². The van der Waals surface area contributed by atoms with Gasteiger partial charge in [-0.25, -0.2) is 8.78 Å². The summed E-state index contributed by atoms with van der Waals surface area (Å²) < 4.78 is 29.0. The Morgan fingerprint density at radius 2 is 1.89 bits per heavy atom. The lowest BCUT2D eigenvalue weighted by Crippen LogP contribution is -2.33. The van der Waals surface area contributed by atoms with Crippen molar-refractivity contribution < 1.29 is 18.4 Å². The summed E-state index contributed by atoms with van der Waals surface area (Å²) in [6.07, 6.45) is 0. The zero-order valence-corrected chi connectivity index (χ0v) is 22.6. The number of hydrogen-bond acceptors (Lipinski definition) is 5. The molecule has 35 heavy (non-hydrogen) atoms. The summed E-state index contributed by atoms with van der Waals surface area (Å²) in [6, 6.07) is 5.83. The van der Waals surface area contributed by atoms with Gasteiger partial charge in [0.05, 0.1) is 28.1 Å². The van der Waals surface area contributed by atoms with Crippen molar-refractivity contribution in [3.63, 3.8) is 0 Å². The molecule has 0 fully saturated rings. The fourth-order valence-corrected chi connectivity index (χ4v) is 4.83. The standard InChI is InChI=1S/C22H20BrCl2F2N5O2S/c1-10(2)18(29-21(34)13-5-4-11(24)6-15(13)25)20-30-31-22(32(20)3)35-9-17(33)28-19-14(23)7-12(26)8-16(19)27/h4-8,10,18H,9H2,1-3H3,(H,28,33)(H,29,34)/t18-/m0/s1. The molecule has 0 saturated carbocycles. The summed E-state index contributed by atoms with van der Waals surface area (Å²) >= 11 is 16.2. The Hall–Kier alpha value is -2.21. The lowest BCUT2D eigenvalue weighted by atomic mass is 10.0. The van der Waals surface area contributed by atoms with Gasteiger partial charge >= 0.3 is 0 Å². The predicted molar refractivity (Wildman–Crippen MR) is 136 cm³/mol. The van der Waals surface area contributed by atoms with Crippen LogP contribution in [0.2, 0.25) is 10.0 Å². The van der Waals surface area contributed by atoms with Gasteiger partial charge in [-0.05, 0) is 46.1 Å². The number of aromatic nitrogens is 3. The average molecular weight is 607 g/mol. The molecule has 0 bridgehead atoms. The molecule has 1 atom stereocenters. The number of carbonyl (C=O) groups is 2. The third-order valence-electron chi connectivity index (χ3n) is 4.88. The van der Waals surface area contributed by atoms with Crippen molar-refractivity contribution in [2.75, 3.05) is 11.1 Å². The molecule has 2 N–H and O–H groups in total. The zero-order valence-electron chi connectivity index (χ0n) is 18.7. The number of nitrogens with one attached hydrogen (secondary N) is 2. The van der Waals surface area contributed by atoms with E-state index in [1.165, 1.54) is 12.1 Å². The van der Waals surface area contributed by atoms with E-state index < -0.39 is 29.5 Å². The average Bonchev–Trinajstić information content (AvgIpc) is 3.12. The van der Waals surface area contributed by atoms with Gasteiger partial charge in [0.1, 0.15) is 5.82 Å². The van der Waals surface area contributed by atoms with E-state index in [4.69, 9.17) is 23.2 Å². The molecule has 0 aliphatic rings. The molecule has 0 aliphatic heterocycles. The van der Waals surface area contributed by atoms with Gasteiger partial charge in [0.2, 0.25) is 5.91 Å². The van der Waals surface area contributed by atoms with Gasteiger partial charge in [0.25, 0.3) is 5.91 Å². The summed E-state index contributed by atoms with van der Waals surface area (Å²) in [5, 5.41) is 14.7. The molecule has 7 nitrogen and oxygen atoms in total. The van der Waals surface area contributed by atoms with E-state index >= 15 is 0 Å². The number of halogens is 5. The van der Waals surface area contributed by atoms with Crippen LogP contribution in [0.3, 0.4) is 0 Å². The second kappa shape index (κ2) is 11.7. The summed E-state index contributed by atoms with van der Waals surface area (Å²) in [4.78, 5) is 25.2. The number of rotatable bonds is 8. The van der Waals surface area contributed by atoms with Gasteiger partial charge in [-0.15, -0.1) is 10.2 Å². The first kappa shape index (κ1) is 27.4. The van der Waals surface area contributed by atoms with Crippen LogP contribution in [0.15, 0.2) is 40.0 Å². The number of amides is 2. The van der Waals surface area contributed by atoms with Gasteiger partial charge in [0, 0.05) is 22.6 Å². The zero-order chi connectivity index (χ0) is 25.9. The maximum Gasteiger partial charge on any atom is 0.253 e. The molecule has 2 aromatic carbocycles. The number of hydrogen-bond donors (Lipinski definition) is 2. The first-order valence-electron chi connectivity index (χ1n) is 10.2. The molecular weight excluding hydrogens is 587 g/mol. The molecule has 3 rings (SSSR count). The van der Waals surface area contributed by atoms with Gasteiger partial charge < -0.3 is 15.2 Å². The topological polar surface area (TPSA) is 88.9 Å². The van der Waals surface area contributed by atoms with Crippen LogP contribution in [0.25, 0.3) is 0 Å². The fraction of sp³-hybridized carbons (Fsp3) is 0.273. The van der Waals surface area contributed by atoms with Gasteiger partial charge in [-0.2, -0.15) is 0 Å². The predicted octanol–water partition coefficient (Wildman–Crippen LogP) is 6.02. The van der Waals surface area contributed by atoms with Crippen molar-refractivity contribution in [1.29, 1.82) is 0 Å². The quantitative estimate of drug-likeness (QED) is 0.306. The molecule has 0 spiro atoms. The van der Waals surface area contributed by atoms with E-state index in [1.807, 2.05) is 13.8 Å². The van der Waals surface area contributed by atoms with Crippen molar-refractivity contribution in [2.24, 2.45) is 13.0 Å². The molecule has 3 aromatic rings. The van der Waals surface area contributed by atoms with E-state index in [-0.39, 0.29) is 32.4 Å². The highest BCUT2D eigenvalue weighted by atomic mass is 79.9. The molecule has 1 aromatic heterocycles. The molecule has 2 amide bonds. The van der Waals surface area contributed by atoms with Crippen molar-refractivity contribution in [3.8, 4) is 0 Å². The third-order valence-corrected chi connectivity index (χ3v) is 7.07. The first-order valence-corrected chi connectivity index (χ1v) is 12.7. The smallest absolute Gasteiger partial charge is 0.253 e. The summed E-state index contributed by atoms with van der Waals surface area (Å²) in [5.41, 5.74) is 0.119. The Bertz CT molecular complexity index is 1250. The lowest BCUT2D eigenvalue weighted by molar-refractivity contribution is -0.113. The second-order valence-corrected chi connectivity index (χ2v) is 10.4. The highest BCUT2D eigenvalue weighted by Crippen LogP contribution is 2.29. The Morgan fingerprint density at radius 1 is 1.17 bits per heavy atom. The number of thioether (sulfide) groups is 1. The first-order chi connectivity index (χ1) is 16.5. The van der Waals surface area contributed by atoms with Crippen molar-refractivity contribution in [3.05, 3.63) is 67.9 Å². The highest BCUT2D eigenvalue weighted by Gasteiger charge is 2.26. The van der Waals surface area contributed by atoms with E-state index in [9.17, 15) is 18.4 Å². The van der Waals surface area contributed by atoms with Gasteiger partial charge in [-0.1, -0.05) is 48.8 Å². The van der Waals surface area contributed by atoms with Crippen molar-refractivity contribution in [2.45, 2.75) is 25.0 Å². The Morgan fingerprint density at radius 3 is 2.51 bits per heavy atom. The normalized spacial score (nSPS) is 12.0. The van der Waals surface area contributed by atoms with Crippen molar-refractivity contribution >= 4 is 68.4 Å². The fourth-order valence-electron chi connectivity index (χ4n) is 3.11. The molecule has 13 heteroatoms. The molecule has 1 heterocycles. The number of benzene rings is 2. The van der Waals surface area contributed by atoms with Crippen molar-refractivity contribution in [1.82, 2.24) is 20.1 Å². The van der Waals surface area contributed by atoms with Crippen LogP contribution in [-0.2, 0) is 11.8 Å². The largest absolute Gasteiger partial charge is 0.342 e. The molecule has 0 saturated heterocycles. The molecular formula is C22H20BrCl2F2N5O2S. The Kier molecular flexibility index (Phi) is 9.14. The second-order valence-electron chi connectivity index (χ2n) is 7.80. The van der Waals surface area contributed by atoms with Gasteiger partial charge in [-0.3, -0.25) is 9.59 Å². The monoisotopic (exact) mass is 605 g/mol. The minimum absolute atomic E-state index is 0.0483. The number of carbonyl (C=O) groups excluding carboxylic acids is 2. The van der Waals surface area contributed by atoms with E-state index in [2.05, 4.69) is 36.8 Å². The van der Waals surface area contributed by atoms with Crippen LogP contribution in [0.4, 0.5) is 14.5 Å². The maximum atomic E-state index is 14.0. The van der Waals surface area contributed by atoms with Crippen LogP contribution < -0.4 is 10.6 Å². The SMILES string of the molecule is CC(C)[C@H](NC(=O)c1ccc(Cl)cc1Cl)c1nnc(SCC(=O)Nc2c(F)cc(F)cc2Br)n1C. The molecule has 0 radical (unpaired) electrons. The minimum Gasteiger partial charge on any atom is -0.342 e. The Labute approximate surface area is 223 Å². The third kappa shape index (κ3) is 6.72. The van der Waals surface area contributed by atoms with Crippen LogP contribution in [0, 0.1) is 17.6 Å². The van der Waals surface area contributed by atoms with Gasteiger partial charge in [0.15, 0.2) is 16.8 Å².